The summed E-state index contributed by atoms with van der Waals surface area (Å²) >= 11 is 0. The highest BCUT2D eigenvalue weighted by atomic mass is 19.3. The van der Waals surface area contributed by atoms with Gasteiger partial charge in [0.25, 0.3) is 6.43 Å². The van der Waals surface area contributed by atoms with Gasteiger partial charge in [0.05, 0.1) is 6.54 Å². The Hall–Kier alpha value is -2.18. The van der Waals surface area contributed by atoms with E-state index in [-0.39, 0.29) is 5.56 Å². The predicted molar refractivity (Wildman–Crippen MR) is 59.5 cm³/mol. The fourth-order valence-corrected chi connectivity index (χ4v) is 1.42. The SMILES string of the molecule is Nc1ccc(NCc2ncn[nH]2)c(C(F)F)c1. The van der Waals surface area contributed by atoms with Gasteiger partial charge in [0.1, 0.15) is 12.2 Å². The van der Waals surface area contributed by atoms with Crippen LogP contribution in [0.2, 0.25) is 0 Å². The van der Waals surface area contributed by atoms with Crippen molar-refractivity contribution in [2.45, 2.75) is 13.0 Å². The highest BCUT2D eigenvalue weighted by molar-refractivity contribution is 5.58. The van der Waals surface area contributed by atoms with Crippen LogP contribution < -0.4 is 11.1 Å². The van der Waals surface area contributed by atoms with Gasteiger partial charge >= 0.3 is 0 Å². The first-order valence-electron chi connectivity index (χ1n) is 4.92. The Morgan fingerprint density at radius 2 is 2.24 bits per heavy atom. The molecule has 0 amide bonds. The Balaban J connectivity index is 2.14. The largest absolute Gasteiger partial charge is 0.399 e. The van der Waals surface area contributed by atoms with Crippen LogP contribution in [-0.2, 0) is 6.54 Å². The van der Waals surface area contributed by atoms with E-state index in [1.807, 2.05) is 0 Å². The average Bonchev–Trinajstić information content (AvgIpc) is 2.80. The molecule has 0 saturated heterocycles. The molecule has 90 valence electrons. The molecule has 0 aliphatic heterocycles. The summed E-state index contributed by atoms with van der Waals surface area (Å²) in [6.45, 7) is 0.295. The van der Waals surface area contributed by atoms with Crippen molar-refractivity contribution in [1.82, 2.24) is 15.2 Å². The number of nitrogens with two attached hydrogens (primary N) is 1. The van der Waals surface area contributed by atoms with E-state index >= 15 is 0 Å². The van der Waals surface area contributed by atoms with Gasteiger partial charge in [0.2, 0.25) is 0 Å². The van der Waals surface area contributed by atoms with E-state index in [9.17, 15) is 8.78 Å². The monoisotopic (exact) mass is 239 g/mol. The number of benzene rings is 1. The minimum atomic E-state index is -2.57. The number of nitrogen functional groups attached to an aromatic ring is 1. The molecule has 1 aromatic carbocycles. The quantitative estimate of drug-likeness (QED) is 0.712. The third kappa shape index (κ3) is 2.68. The maximum absolute atomic E-state index is 12.7. The van der Waals surface area contributed by atoms with E-state index < -0.39 is 6.43 Å². The fraction of sp³-hybridized carbons (Fsp3) is 0.200. The first-order chi connectivity index (χ1) is 8.16. The van der Waals surface area contributed by atoms with Crippen LogP contribution in [0.25, 0.3) is 0 Å². The molecule has 0 aliphatic rings. The molecule has 0 spiro atoms. The standard InChI is InChI=1S/C10H11F2N5/c11-10(12)7-3-6(13)1-2-8(7)14-4-9-15-5-16-17-9/h1-3,5,10,14H,4,13H2,(H,15,16,17). The Labute approximate surface area is 96.1 Å². The van der Waals surface area contributed by atoms with Crippen LogP contribution in [0, 0.1) is 0 Å². The Morgan fingerprint density at radius 3 is 2.88 bits per heavy atom. The van der Waals surface area contributed by atoms with Crippen LogP contribution in [0.4, 0.5) is 20.2 Å². The van der Waals surface area contributed by atoms with Crippen molar-refractivity contribution < 1.29 is 8.78 Å². The van der Waals surface area contributed by atoms with Crippen LogP contribution in [0.3, 0.4) is 0 Å². The van der Waals surface area contributed by atoms with Gasteiger partial charge in [0, 0.05) is 16.9 Å². The second kappa shape index (κ2) is 4.77. The molecule has 0 fully saturated rings. The molecule has 17 heavy (non-hydrogen) atoms. The van der Waals surface area contributed by atoms with Gasteiger partial charge in [-0.05, 0) is 18.2 Å². The van der Waals surface area contributed by atoms with E-state index in [0.717, 1.165) is 0 Å². The molecular weight excluding hydrogens is 228 g/mol. The summed E-state index contributed by atoms with van der Waals surface area (Å²) in [5, 5.41) is 9.15. The lowest BCUT2D eigenvalue weighted by Crippen LogP contribution is -2.05. The summed E-state index contributed by atoms with van der Waals surface area (Å²) < 4.78 is 25.5. The van der Waals surface area contributed by atoms with Crippen LogP contribution in [0.1, 0.15) is 17.8 Å². The van der Waals surface area contributed by atoms with E-state index in [4.69, 9.17) is 5.73 Å². The van der Waals surface area contributed by atoms with Crippen molar-refractivity contribution in [3.8, 4) is 0 Å². The molecule has 0 unspecified atom stereocenters. The number of nitrogens with zero attached hydrogens (tertiary/aromatic N) is 2. The number of H-pyrrole nitrogens is 1. The van der Waals surface area contributed by atoms with Gasteiger partial charge in [-0.2, -0.15) is 5.10 Å². The second-order valence-corrected chi connectivity index (χ2v) is 3.43. The zero-order chi connectivity index (χ0) is 12.3. The highest BCUT2D eigenvalue weighted by Gasteiger charge is 2.13. The minimum absolute atomic E-state index is 0.121. The third-order valence-electron chi connectivity index (χ3n) is 2.22. The Bertz CT molecular complexity index is 483. The van der Waals surface area contributed by atoms with E-state index in [1.54, 1.807) is 6.07 Å². The van der Waals surface area contributed by atoms with Crippen molar-refractivity contribution in [3.05, 3.63) is 35.9 Å². The van der Waals surface area contributed by atoms with E-state index in [1.165, 1.54) is 18.5 Å². The molecule has 5 nitrogen and oxygen atoms in total. The van der Waals surface area contributed by atoms with Crippen molar-refractivity contribution in [1.29, 1.82) is 0 Å². The number of aromatic amines is 1. The molecule has 1 heterocycles. The molecule has 2 rings (SSSR count). The highest BCUT2D eigenvalue weighted by Crippen LogP contribution is 2.29. The maximum Gasteiger partial charge on any atom is 0.265 e. The number of hydrogen-bond acceptors (Lipinski definition) is 4. The number of nitrogens with one attached hydrogen (secondary N) is 2. The van der Waals surface area contributed by atoms with Crippen LogP contribution in [-0.4, -0.2) is 15.2 Å². The van der Waals surface area contributed by atoms with Gasteiger partial charge in [-0.1, -0.05) is 0 Å². The lowest BCUT2D eigenvalue weighted by Gasteiger charge is -2.11. The lowest BCUT2D eigenvalue weighted by molar-refractivity contribution is 0.152. The summed E-state index contributed by atoms with van der Waals surface area (Å²) in [6.07, 6.45) is -1.22. The smallest absolute Gasteiger partial charge is 0.265 e. The van der Waals surface area contributed by atoms with Crippen molar-refractivity contribution in [3.63, 3.8) is 0 Å². The first kappa shape index (κ1) is 11.3. The van der Waals surface area contributed by atoms with Crippen molar-refractivity contribution in [2.75, 3.05) is 11.1 Å². The van der Waals surface area contributed by atoms with Crippen LogP contribution in [0.5, 0.6) is 0 Å². The van der Waals surface area contributed by atoms with Crippen molar-refractivity contribution >= 4 is 11.4 Å². The molecule has 0 saturated carbocycles. The predicted octanol–water partition coefficient (Wildman–Crippen LogP) is 1.94. The first-order valence-corrected chi connectivity index (χ1v) is 4.92. The van der Waals surface area contributed by atoms with Gasteiger partial charge in [-0.15, -0.1) is 0 Å². The van der Waals surface area contributed by atoms with Gasteiger partial charge in [-0.25, -0.2) is 13.8 Å². The zero-order valence-electron chi connectivity index (χ0n) is 8.82. The van der Waals surface area contributed by atoms with Gasteiger partial charge < -0.3 is 11.1 Å². The van der Waals surface area contributed by atoms with Gasteiger partial charge in [-0.3, -0.25) is 5.10 Å². The summed E-state index contributed by atoms with van der Waals surface area (Å²) in [7, 11) is 0. The summed E-state index contributed by atoms with van der Waals surface area (Å²) in [6, 6.07) is 4.34. The van der Waals surface area contributed by atoms with E-state index in [0.29, 0.717) is 23.7 Å². The number of hydrogen-bond donors (Lipinski definition) is 3. The van der Waals surface area contributed by atoms with Crippen LogP contribution >= 0.6 is 0 Å². The molecule has 4 N–H and O–H groups in total. The maximum atomic E-state index is 12.7. The molecule has 0 atom stereocenters. The number of rotatable bonds is 4. The average molecular weight is 239 g/mol. The normalized spacial score (nSPS) is 10.8. The zero-order valence-corrected chi connectivity index (χ0v) is 8.82. The number of aromatic nitrogens is 3. The lowest BCUT2D eigenvalue weighted by atomic mass is 10.1. The topological polar surface area (TPSA) is 79.6 Å². The Kier molecular flexibility index (Phi) is 3.17. The van der Waals surface area contributed by atoms with Crippen LogP contribution in [0.15, 0.2) is 24.5 Å². The van der Waals surface area contributed by atoms with Gasteiger partial charge in [0.15, 0.2) is 0 Å². The molecular formula is C10H11F2N5. The molecule has 0 aliphatic carbocycles. The third-order valence-corrected chi connectivity index (χ3v) is 2.22. The number of anilines is 2. The molecule has 2 aromatic rings. The molecule has 0 bridgehead atoms. The molecule has 0 radical (unpaired) electrons. The minimum Gasteiger partial charge on any atom is -0.399 e. The molecule has 1 aromatic heterocycles. The van der Waals surface area contributed by atoms with E-state index in [2.05, 4.69) is 20.5 Å². The number of halogens is 2. The summed E-state index contributed by atoms with van der Waals surface area (Å²) in [5.41, 5.74) is 5.99. The Morgan fingerprint density at radius 1 is 1.41 bits per heavy atom. The number of alkyl halides is 2. The second-order valence-electron chi connectivity index (χ2n) is 3.43. The van der Waals surface area contributed by atoms with Crippen molar-refractivity contribution in [2.24, 2.45) is 0 Å². The molecule has 7 heteroatoms. The fourth-order valence-electron chi connectivity index (χ4n) is 1.42. The summed E-state index contributed by atoms with van der Waals surface area (Å²) in [5.74, 6) is 0.571. The summed E-state index contributed by atoms with van der Waals surface area (Å²) in [4.78, 5) is 3.88.